The Kier molecular flexibility index (Phi) is 5.23. The Bertz CT molecular complexity index is 421. The zero-order valence-electron chi connectivity index (χ0n) is 11.4. The van der Waals surface area contributed by atoms with Crippen LogP contribution in [0.4, 0.5) is 4.39 Å². The highest BCUT2D eigenvalue weighted by Crippen LogP contribution is 2.34. The summed E-state index contributed by atoms with van der Waals surface area (Å²) in [6.45, 7) is 2.21. The van der Waals surface area contributed by atoms with Gasteiger partial charge in [0.05, 0.1) is 6.10 Å². The van der Waals surface area contributed by atoms with Crippen LogP contribution < -0.4 is 0 Å². The van der Waals surface area contributed by atoms with Crippen LogP contribution in [0.15, 0.2) is 18.2 Å². The summed E-state index contributed by atoms with van der Waals surface area (Å²) in [6.07, 6.45) is 5.86. The third-order valence-electron chi connectivity index (χ3n) is 4.38. The Labute approximate surface area is 119 Å². The lowest BCUT2D eigenvalue weighted by molar-refractivity contribution is 0.0685. The first-order valence-corrected chi connectivity index (χ1v) is 7.60. The summed E-state index contributed by atoms with van der Waals surface area (Å²) < 4.78 is 13.2. The van der Waals surface area contributed by atoms with E-state index < -0.39 is 6.10 Å². The van der Waals surface area contributed by atoms with Gasteiger partial charge in [0, 0.05) is 11.4 Å². The summed E-state index contributed by atoms with van der Waals surface area (Å²) in [5, 5.41) is 10.9. The van der Waals surface area contributed by atoms with Crippen molar-refractivity contribution in [1.29, 1.82) is 0 Å². The van der Waals surface area contributed by atoms with Crippen LogP contribution in [-0.2, 0) is 6.42 Å². The number of hydrogen-bond acceptors (Lipinski definition) is 1. The van der Waals surface area contributed by atoms with Gasteiger partial charge in [0.15, 0.2) is 0 Å². The lowest BCUT2D eigenvalue weighted by Gasteiger charge is -2.32. The zero-order chi connectivity index (χ0) is 13.8. The summed E-state index contributed by atoms with van der Waals surface area (Å²) in [7, 11) is 0. The van der Waals surface area contributed by atoms with E-state index in [1.165, 1.54) is 31.4 Å². The number of benzene rings is 1. The highest BCUT2D eigenvalue weighted by atomic mass is 35.5. The van der Waals surface area contributed by atoms with Gasteiger partial charge in [-0.15, -0.1) is 0 Å². The summed E-state index contributed by atoms with van der Waals surface area (Å²) in [4.78, 5) is 0. The van der Waals surface area contributed by atoms with E-state index in [1.54, 1.807) is 6.07 Å². The molecular formula is C16H22ClFO. The van der Waals surface area contributed by atoms with Gasteiger partial charge in [-0.1, -0.05) is 37.8 Å². The highest BCUT2D eigenvalue weighted by Gasteiger charge is 2.27. The van der Waals surface area contributed by atoms with Crippen molar-refractivity contribution in [2.45, 2.75) is 51.6 Å². The zero-order valence-corrected chi connectivity index (χ0v) is 12.2. The van der Waals surface area contributed by atoms with Crippen LogP contribution in [-0.4, -0.2) is 11.2 Å². The molecule has 2 rings (SSSR count). The van der Waals surface area contributed by atoms with Crippen molar-refractivity contribution in [3.63, 3.8) is 0 Å². The van der Waals surface area contributed by atoms with Gasteiger partial charge in [-0.25, -0.2) is 4.39 Å². The first-order chi connectivity index (χ1) is 9.10. The van der Waals surface area contributed by atoms with E-state index in [1.807, 2.05) is 0 Å². The summed E-state index contributed by atoms with van der Waals surface area (Å²) >= 11 is 6.06. The minimum absolute atomic E-state index is 0.290. The maximum absolute atomic E-state index is 13.2. The van der Waals surface area contributed by atoms with Gasteiger partial charge in [0.25, 0.3) is 0 Å². The molecule has 0 amide bonds. The minimum Gasteiger partial charge on any atom is -0.392 e. The van der Waals surface area contributed by atoms with Crippen LogP contribution in [0.25, 0.3) is 0 Å². The molecule has 0 saturated heterocycles. The molecule has 1 nitrogen and oxygen atoms in total. The van der Waals surface area contributed by atoms with Crippen molar-refractivity contribution in [2.75, 3.05) is 0 Å². The molecule has 0 bridgehead atoms. The van der Waals surface area contributed by atoms with Crippen LogP contribution in [0, 0.1) is 17.7 Å². The average Bonchev–Trinajstić information content (AvgIpc) is 2.43. The van der Waals surface area contributed by atoms with E-state index in [9.17, 15) is 9.50 Å². The Hall–Kier alpha value is -0.600. The van der Waals surface area contributed by atoms with E-state index in [2.05, 4.69) is 6.92 Å². The summed E-state index contributed by atoms with van der Waals surface area (Å²) in [6, 6.07) is 4.35. The fourth-order valence-electron chi connectivity index (χ4n) is 3.14. The molecule has 1 aliphatic rings. The Morgan fingerprint density at radius 1 is 1.42 bits per heavy atom. The molecule has 1 fully saturated rings. The van der Waals surface area contributed by atoms with Crippen LogP contribution in [0.5, 0.6) is 0 Å². The van der Waals surface area contributed by atoms with Crippen molar-refractivity contribution < 1.29 is 9.50 Å². The second-order valence-electron chi connectivity index (χ2n) is 5.71. The molecule has 0 aromatic heterocycles. The fraction of sp³-hybridized carbons (Fsp3) is 0.625. The maximum Gasteiger partial charge on any atom is 0.123 e. The molecule has 1 aliphatic carbocycles. The molecule has 1 N–H and O–H groups in total. The van der Waals surface area contributed by atoms with Gasteiger partial charge in [-0.2, -0.15) is 0 Å². The van der Waals surface area contributed by atoms with Gasteiger partial charge in [0.1, 0.15) is 5.82 Å². The molecule has 1 aromatic rings. The normalized spacial score (nSPS) is 25.3. The molecule has 3 unspecified atom stereocenters. The molecule has 19 heavy (non-hydrogen) atoms. The second-order valence-corrected chi connectivity index (χ2v) is 6.12. The summed E-state index contributed by atoms with van der Waals surface area (Å²) in [5.41, 5.74) is 0.716. The molecular weight excluding hydrogens is 263 g/mol. The smallest absolute Gasteiger partial charge is 0.123 e. The van der Waals surface area contributed by atoms with Crippen molar-refractivity contribution >= 4 is 11.6 Å². The standard InChI is InChI=1S/C16H22ClFO/c1-2-11-4-3-5-12(8-11)16(19)10-13-9-14(18)6-7-15(13)17/h6-7,9,11-12,16,19H,2-5,8,10H2,1H3. The number of halogens is 2. The average molecular weight is 285 g/mol. The lowest BCUT2D eigenvalue weighted by Crippen LogP contribution is -2.28. The maximum atomic E-state index is 13.2. The van der Waals surface area contributed by atoms with E-state index in [4.69, 9.17) is 11.6 Å². The molecule has 0 spiro atoms. The van der Waals surface area contributed by atoms with Crippen LogP contribution in [0.3, 0.4) is 0 Å². The van der Waals surface area contributed by atoms with Gasteiger partial charge in [-0.05, 0) is 48.4 Å². The third-order valence-corrected chi connectivity index (χ3v) is 4.75. The van der Waals surface area contributed by atoms with E-state index in [0.717, 1.165) is 18.8 Å². The van der Waals surface area contributed by atoms with Crippen molar-refractivity contribution in [3.8, 4) is 0 Å². The van der Waals surface area contributed by atoms with Crippen molar-refractivity contribution in [3.05, 3.63) is 34.6 Å². The predicted octanol–water partition coefficient (Wildman–Crippen LogP) is 4.60. The Morgan fingerprint density at radius 3 is 2.95 bits per heavy atom. The molecule has 1 aromatic carbocycles. The Balaban J connectivity index is 2.00. The molecule has 3 atom stereocenters. The van der Waals surface area contributed by atoms with E-state index in [-0.39, 0.29) is 5.82 Å². The van der Waals surface area contributed by atoms with Crippen LogP contribution in [0.2, 0.25) is 5.02 Å². The van der Waals surface area contributed by atoms with Crippen molar-refractivity contribution in [1.82, 2.24) is 0 Å². The molecule has 1 saturated carbocycles. The third kappa shape index (κ3) is 3.93. The summed E-state index contributed by atoms with van der Waals surface area (Å²) in [5.74, 6) is 0.774. The van der Waals surface area contributed by atoms with Crippen LogP contribution in [0.1, 0.15) is 44.6 Å². The molecule has 0 heterocycles. The topological polar surface area (TPSA) is 20.2 Å². The molecule has 3 heteroatoms. The van der Waals surface area contributed by atoms with Crippen LogP contribution >= 0.6 is 11.6 Å². The quantitative estimate of drug-likeness (QED) is 0.857. The number of hydrogen-bond donors (Lipinski definition) is 1. The van der Waals surface area contributed by atoms with Gasteiger partial charge < -0.3 is 5.11 Å². The molecule has 0 aliphatic heterocycles. The lowest BCUT2D eigenvalue weighted by atomic mass is 9.76. The first kappa shape index (κ1) is 14.8. The van der Waals surface area contributed by atoms with E-state index in [0.29, 0.717) is 22.9 Å². The number of aliphatic hydroxyl groups excluding tert-OH is 1. The van der Waals surface area contributed by atoms with E-state index >= 15 is 0 Å². The Morgan fingerprint density at radius 2 is 2.21 bits per heavy atom. The minimum atomic E-state index is -0.409. The van der Waals surface area contributed by atoms with Gasteiger partial charge >= 0.3 is 0 Å². The fourth-order valence-corrected chi connectivity index (χ4v) is 3.34. The monoisotopic (exact) mass is 284 g/mol. The molecule has 0 radical (unpaired) electrons. The number of aliphatic hydroxyl groups is 1. The molecule has 106 valence electrons. The van der Waals surface area contributed by atoms with Gasteiger partial charge in [0.2, 0.25) is 0 Å². The predicted molar refractivity (Wildman–Crippen MR) is 76.9 cm³/mol. The second kappa shape index (κ2) is 6.71. The SMILES string of the molecule is CCC1CCCC(C(O)Cc2cc(F)ccc2Cl)C1. The first-order valence-electron chi connectivity index (χ1n) is 7.22. The highest BCUT2D eigenvalue weighted by molar-refractivity contribution is 6.31. The van der Waals surface area contributed by atoms with Crippen molar-refractivity contribution in [2.24, 2.45) is 11.8 Å². The number of rotatable bonds is 4. The van der Waals surface area contributed by atoms with Gasteiger partial charge in [-0.3, -0.25) is 0 Å². The largest absolute Gasteiger partial charge is 0.392 e.